The van der Waals surface area contributed by atoms with Gasteiger partial charge in [0.25, 0.3) is 0 Å². The number of urea groups is 1. The molecule has 0 bridgehead atoms. The van der Waals surface area contributed by atoms with Crippen molar-refractivity contribution in [1.82, 2.24) is 14.6 Å². The minimum absolute atomic E-state index is 0.133. The van der Waals surface area contributed by atoms with E-state index in [2.05, 4.69) is 15.6 Å². The van der Waals surface area contributed by atoms with Gasteiger partial charge in [0.15, 0.2) is 0 Å². The zero-order valence-corrected chi connectivity index (χ0v) is 17.1. The largest absolute Gasteiger partial charge is 0.393 e. The number of aliphatic hydroxyl groups is 1. The standard InChI is InChI=1S/C18H30N4O4S/c1-14(23)11-18(2,3)13-20-17(24)21-16-8-7-15(12-19-16)27(25,26)22-9-5-4-6-10-22/h7-8,12,14,23H,4-6,9-11,13H2,1-3H3,(H2,19,20,21,24). The number of amides is 2. The Morgan fingerprint density at radius 1 is 1.30 bits per heavy atom. The summed E-state index contributed by atoms with van der Waals surface area (Å²) in [6.45, 7) is 7.09. The van der Waals surface area contributed by atoms with Gasteiger partial charge in [-0.2, -0.15) is 4.31 Å². The van der Waals surface area contributed by atoms with E-state index >= 15 is 0 Å². The Bertz CT molecular complexity index is 726. The highest BCUT2D eigenvalue weighted by atomic mass is 32.2. The smallest absolute Gasteiger partial charge is 0.320 e. The van der Waals surface area contributed by atoms with Crippen LogP contribution in [0.15, 0.2) is 23.2 Å². The van der Waals surface area contributed by atoms with Crippen LogP contribution < -0.4 is 10.6 Å². The molecule has 1 aliphatic heterocycles. The Kier molecular flexibility index (Phi) is 7.19. The molecule has 2 rings (SSSR count). The van der Waals surface area contributed by atoms with Gasteiger partial charge in [-0.15, -0.1) is 0 Å². The molecule has 0 aliphatic carbocycles. The monoisotopic (exact) mass is 398 g/mol. The van der Waals surface area contributed by atoms with Gasteiger partial charge in [-0.25, -0.2) is 18.2 Å². The van der Waals surface area contributed by atoms with Gasteiger partial charge in [-0.1, -0.05) is 20.3 Å². The normalized spacial score (nSPS) is 17.3. The molecule has 0 saturated carbocycles. The number of carbonyl (C=O) groups is 1. The number of nitrogens with one attached hydrogen (secondary N) is 2. The number of piperidine rings is 1. The van der Waals surface area contributed by atoms with E-state index in [-0.39, 0.29) is 16.1 Å². The number of hydrogen-bond acceptors (Lipinski definition) is 5. The lowest BCUT2D eigenvalue weighted by molar-refractivity contribution is 0.129. The number of nitrogens with zero attached hydrogens (tertiary/aromatic N) is 2. The van der Waals surface area contributed by atoms with Crippen LogP contribution in [0.25, 0.3) is 0 Å². The maximum absolute atomic E-state index is 12.6. The Hall–Kier alpha value is -1.71. The van der Waals surface area contributed by atoms with Crippen molar-refractivity contribution in [2.75, 3.05) is 25.0 Å². The Balaban J connectivity index is 1.92. The summed E-state index contributed by atoms with van der Waals surface area (Å²) < 4.78 is 26.7. The molecule has 2 amide bonds. The van der Waals surface area contributed by atoms with Gasteiger partial charge in [-0.3, -0.25) is 5.32 Å². The van der Waals surface area contributed by atoms with Gasteiger partial charge in [0.05, 0.1) is 6.10 Å². The Labute approximate surface area is 161 Å². The minimum atomic E-state index is -3.53. The molecule has 152 valence electrons. The second-order valence-electron chi connectivity index (χ2n) is 7.87. The third kappa shape index (κ3) is 6.44. The fraction of sp³-hybridized carbons (Fsp3) is 0.667. The molecule has 1 aromatic heterocycles. The first-order valence-electron chi connectivity index (χ1n) is 9.29. The quantitative estimate of drug-likeness (QED) is 0.652. The molecule has 1 saturated heterocycles. The maximum atomic E-state index is 12.6. The summed E-state index contributed by atoms with van der Waals surface area (Å²) in [7, 11) is -3.53. The SMILES string of the molecule is CC(O)CC(C)(C)CNC(=O)Nc1ccc(S(=O)(=O)N2CCCCC2)cn1. The molecule has 0 spiro atoms. The van der Waals surface area contributed by atoms with Gasteiger partial charge in [0.2, 0.25) is 10.0 Å². The molecule has 1 fully saturated rings. The number of carbonyl (C=O) groups excluding carboxylic acids is 1. The predicted octanol–water partition coefficient (Wildman–Crippen LogP) is 2.17. The topological polar surface area (TPSA) is 112 Å². The molecule has 27 heavy (non-hydrogen) atoms. The fourth-order valence-corrected chi connectivity index (χ4v) is 4.68. The van der Waals surface area contributed by atoms with Crippen LogP contribution in [0, 0.1) is 5.41 Å². The van der Waals surface area contributed by atoms with Crippen molar-refractivity contribution in [2.45, 2.75) is 57.5 Å². The number of rotatable bonds is 7. The molecule has 1 unspecified atom stereocenters. The van der Waals surface area contributed by atoms with Gasteiger partial charge >= 0.3 is 6.03 Å². The number of hydrogen-bond donors (Lipinski definition) is 3. The Morgan fingerprint density at radius 3 is 2.52 bits per heavy atom. The van der Waals surface area contributed by atoms with Crippen LogP contribution in [-0.2, 0) is 10.0 Å². The van der Waals surface area contributed by atoms with Crippen LogP contribution in [0.5, 0.6) is 0 Å². The van der Waals surface area contributed by atoms with Gasteiger partial charge in [-0.05, 0) is 43.7 Å². The first-order valence-corrected chi connectivity index (χ1v) is 10.7. The van der Waals surface area contributed by atoms with Crippen molar-refractivity contribution in [3.05, 3.63) is 18.3 Å². The van der Waals surface area contributed by atoms with Crippen molar-refractivity contribution >= 4 is 21.9 Å². The first-order chi connectivity index (χ1) is 12.6. The summed E-state index contributed by atoms with van der Waals surface area (Å²) in [5, 5.41) is 14.8. The van der Waals surface area contributed by atoms with Crippen LogP contribution in [0.3, 0.4) is 0 Å². The van der Waals surface area contributed by atoms with Gasteiger partial charge < -0.3 is 10.4 Å². The van der Waals surface area contributed by atoms with Crippen molar-refractivity contribution in [3.8, 4) is 0 Å². The number of sulfonamides is 1. The summed E-state index contributed by atoms with van der Waals surface area (Å²) in [6, 6.07) is 2.52. The third-order valence-electron chi connectivity index (χ3n) is 4.51. The van der Waals surface area contributed by atoms with Crippen molar-refractivity contribution in [1.29, 1.82) is 0 Å². The molecular formula is C18H30N4O4S. The number of anilines is 1. The molecule has 0 radical (unpaired) electrons. The third-order valence-corrected chi connectivity index (χ3v) is 6.39. The highest BCUT2D eigenvalue weighted by molar-refractivity contribution is 7.89. The summed E-state index contributed by atoms with van der Waals surface area (Å²) >= 11 is 0. The van der Waals surface area contributed by atoms with E-state index in [1.807, 2.05) is 13.8 Å². The van der Waals surface area contributed by atoms with E-state index in [0.29, 0.717) is 26.1 Å². The lowest BCUT2D eigenvalue weighted by Crippen LogP contribution is -2.38. The molecule has 2 heterocycles. The van der Waals surface area contributed by atoms with Gasteiger partial charge in [0, 0.05) is 25.8 Å². The van der Waals surface area contributed by atoms with E-state index in [1.165, 1.54) is 22.6 Å². The summed E-state index contributed by atoms with van der Waals surface area (Å²) in [5.74, 6) is 0.276. The van der Waals surface area contributed by atoms with Crippen LogP contribution in [0.4, 0.5) is 10.6 Å². The highest BCUT2D eigenvalue weighted by Gasteiger charge is 2.26. The van der Waals surface area contributed by atoms with Crippen molar-refractivity contribution in [3.63, 3.8) is 0 Å². The molecule has 8 nitrogen and oxygen atoms in total. The zero-order chi connectivity index (χ0) is 20.1. The summed E-state index contributed by atoms with van der Waals surface area (Å²) in [5.41, 5.74) is -0.245. The second kappa shape index (κ2) is 8.99. The molecule has 1 aromatic rings. The number of aromatic nitrogens is 1. The van der Waals surface area contributed by atoms with E-state index in [4.69, 9.17) is 0 Å². The molecule has 0 aromatic carbocycles. The maximum Gasteiger partial charge on any atom is 0.320 e. The van der Waals surface area contributed by atoms with E-state index in [0.717, 1.165) is 19.3 Å². The number of aliphatic hydroxyl groups excluding tert-OH is 1. The Morgan fingerprint density at radius 2 is 1.96 bits per heavy atom. The van der Waals surface area contributed by atoms with E-state index < -0.39 is 22.2 Å². The lowest BCUT2D eigenvalue weighted by atomic mass is 9.87. The van der Waals surface area contributed by atoms with Crippen LogP contribution in [-0.4, -0.2) is 54.6 Å². The highest BCUT2D eigenvalue weighted by Crippen LogP contribution is 2.22. The lowest BCUT2D eigenvalue weighted by Gasteiger charge is -2.26. The molecule has 3 N–H and O–H groups in total. The summed E-state index contributed by atoms with van der Waals surface area (Å²) in [4.78, 5) is 16.2. The van der Waals surface area contributed by atoms with Crippen LogP contribution in [0.2, 0.25) is 0 Å². The van der Waals surface area contributed by atoms with Crippen molar-refractivity contribution < 1.29 is 18.3 Å². The molecule has 1 aliphatic rings. The van der Waals surface area contributed by atoms with E-state index in [1.54, 1.807) is 6.92 Å². The molecule has 1 atom stereocenters. The average Bonchev–Trinajstić information content (AvgIpc) is 2.60. The summed E-state index contributed by atoms with van der Waals surface area (Å²) in [6.07, 6.45) is 4.19. The molecular weight excluding hydrogens is 368 g/mol. The predicted molar refractivity (Wildman–Crippen MR) is 104 cm³/mol. The van der Waals surface area contributed by atoms with Crippen LogP contribution in [0.1, 0.15) is 46.5 Å². The van der Waals surface area contributed by atoms with Gasteiger partial charge in [0.1, 0.15) is 10.7 Å². The average molecular weight is 399 g/mol. The number of pyridine rings is 1. The zero-order valence-electron chi connectivity index (χ0n) is 16.2. The first kappa shape index (κ1) is 21.6. The minimum Gasteiger partial charge on any atom is -0.393 e. The van der Waals surface area contributed by atoms with E-state index in [9.17, 15) is 18.3 Å². The second-order valence-corrected chi connectivity index (χ2v) is 9.81. The van der Waals surface area contributed by atoms with Crippen LogP contribution >= 0.6 is 0 Å². The molecule has 9 heteroatoms. The van der Waals surface area contributed by atoms with Crippen molar-refractivity contribution in [2.24, 2.45) is 5.41 Å². The fourth-order valence-electron chi connectivity index (χ4n) is 3.21.